The Kier molecular flexibility index (Phi) is 4.17. The van der Waals surface area contributed by atoms with Gasteiger partial charge in [-0.2, -0.15) is 0 Å². The van der Waals surface area contributed by atoms with E-state index in [-0.39, 0.29) is 11.7 Å². The third-order valence-electron chi connectivity index (χ3n) is 3.07. The number of anilines is 1. The standard InChI is InChI=1S/C13H19N3O2/c1-10-2-3-11(8-12(10)17)15-13(18)9-16-6-4-14-5-7-16/h2-3,8,14,17H,4-7,9H2,1H3,(H,15,18). The van der Waals surface area contributed by atoms with Crippen LogP contribution in [0.4, 0.5) is 5.69 Å². The summed E-state index contributed by atoms with van der Waals surface area (Å²) in [7, 11) is 0. The van der Waals surface area contributed by atoms with Crippen LogP contribution in [0.25, 0.3) is 0 Å². The van der Waals surface area contributed by atoms with Crippen molar-refractivity contribution >= 4 is 11.6 Å². The molecule has 5 heteroatoms. The first-order valence-electron chi connectivity index (χ1n) is 6.18. The normalized spacial score (nSPS) is 16.5. The molecule has 1 aromatic rings. The van der Waals surface area contributed by atoms with Gasteiger partial charge in [-0.15, -0.1) is 0 Å². The number of amides is 1. The Labute approximate surface area is 107 Å². The van der Waals surface area contributed by atoms with E-state index in [2.05, 4.69) is 15.5 Å². The van der Waals surface area contributed by atoms with Crippen LogP contribution in [-0.4, -0.2) is 48.6 Å². The maximum atomic E-state index is 11.8. The fraction of sp³-hybridized carbons (Fsp3) is 0.462. The first kappa shape index (κ1) is 12.9. The molecular formula is C13H19N3O2. The minimum Gasteiger partial charge on any atom is -0.508 e. The van der Waals surface area contributed by atoms with Crippen molar-refractivity contribution in [1.29, 1.82) is 0 Å². The molecule has 0 unspecified atom stereocenters. The number of carbonyl (C=O) groups excluding carboxylic acids is 1. The first-order valence-corrected chi connectivity index (χ1v) is 6.18. The van der Waals surface area contributed by atoms with Crippen LogP contribution in [0.2, 0.25) is 0 Å². The topological polar surface area (TPSA) is 64.6 Å². The van der Waals surface area contributed by atoms with E-state index < -0.39 is 0 Å². The van der Waals surface area contributed by atoms with E-state index in [1.54, 1.807) is 18.2 Å². The largest absolute Gasteiger partial charge is 0.508 e. The van der Waals surface area contributed by atoms with Gasteiger partial charge in [0.1, 0.15) is 5.75 Å². The Morgan fingerprint density at radius 2 is 2.17 bits per heavy atom. The molecule has 18 heavy (non-hydrogen) atoms. The van der Waals surface area contributed by atoms with E-state index in [0.717, 1.165) is 31.7 Å². The SMILES string of the molecule is Cc1ccc(NC(=O)CN2CCNCC2)cc1O. The van der Waals surface area contributed by atoms with Crippen molar-refractivity contribution in [3.8, 4) is 5.75 Å². The van der Waals surface area contributed by atoms with E-state index in [4.69, 9.17) is 0 Å². The molecule has 3 N–H and O–H groups in total. The highest BCUT2D eigenvalue weighted by molar-refractivity contribution is 5.92. The number of carbonyl (C=O) groups is 1. The van der Waals surface area contributed by atoms with Gasteiger partial charge in [-0.05, 0) is 18.6 Å². The predicted octanol–water partition coefficient (Wildman–Crippen LogP) is 0.544. The summed E-state index contributed by atoms with van der Waals surface area (Å²) < 4.78 is 0. The molecule has 0 aliphatic carbocycles. The smallest absolute Gasteiger partial charge is 0.238 e. The molecule has 1 heterocycles. The molecular weight excluding hydrogens is 230 g/mol. The van der Waals surface area contributed by atoms with Crippen molar-refractivity contribution < 1.29 is 9.90 Å². The van der Waals surface area contributed by atoms with Crippen LogP contribution in [0.15, 0.2) is 18.2 Å². The summed E-state index contributed by atoms with van der Waals surface area (Å²) in [5, 5.41) is 15.6. The van der Waals surface area contributed by atoms with Crippen LogP contribution in [0.5, 0.6) is 5.75 Å². The highest BCUT2D eigenvalue weighted by Gasteiger charge is 2.13. The average molecular weight is 249 g/mol. The lowest BCUT2D eigenvalue weighted by atomic mass is 10.2. The monoisotopic (exact) mass is 249 g/mol. The number of aryl methyl sites for hydroxylation is 1. The molecule has 1 saturated heterocycles. The zero-order valence-electron chi connectivity index (χ0n) is 10.6. The molecule has 1 aliphatic rings. The van der Waals surface area contributed by atoms with Gasteiger partial charge in [0, 0.05) is 37.9 Å². The van der Waals surface area contributed by atoms with E-state index in [0.29, 0.717) is 12.2 Å². The Bertz CT molecular complexity index is 428. The molecule has 0 bridgehead atoms. The Hall–Kier alpha value is -1.59. The van der Waals surface area contributed by atoms with Crippen molar-refractivity contribution in [2.24, 2.45) is 0 Å². The summed E-state index contributed by atoms with van der Waals surface area (Å²) in [6.45, 7) is 5.87. The summed E-state index contributed by atoms with van der Waals surface area (Å²) >= 11 is 0. The van der Waals surface area contributed by atoms with Crippen molar-refractivity contribution in [2.45, 2.75) is 6.92 Å². The van der Waals surface area contributed by atoms with Gasteiger partial charge in [0.15, 0.2) is 0 Å². The van der Waals surface area contributed by atoms with Crippen molar-refractivity contribution in [1.82, 2.24) is 10.2 Å². The quantitative estimate of drug-likeness (QED) is 0.732. The third kappa shape index (κ3) is 3.45. The molecule has 5 nitrogen and oxygen atoms in total. The lowest BCUT2D eigenvalue weighted by molar-refractivity contribution is -0.117. The highest BCUT2D eigenvalue weighted by atomic mass is 16.3. The van der Waals surface area contributed by atoms with Crippen molar-refractivity contribution in [3.63, 3.8) is 0 Å². The summed E-state index contributed by atoms with van der Waals surface area (Å²) in [5.74, 6) is 0.162. The zero-order valence-corrected chi connectivity index (χ0v) is 10.6. The average Bonchev–Trinajstić information content (AvgIpc) is 2.35. The summed E-state index contributed by atoms with van der Waals surface area (Å²) in [5.41, 5.74) is 1.44. The number of aromatic hydroxyl groups is 1. The summed E-state index contributed by atoms with van der Waals surface area (Å²) in [6, 6.07) is 5.16. The number of benzene rings is 1. The van der Waals surface area contributed by atoms with Gasteiger partial charge in [-0.3, -0.25) is 9.69 Å². The fourth-order valence-electron chi connectivity index (χ4n) is 1.96. The van der Waals surface area contributed by atoms with Gasteiger partial charge < -0.3 is 15.7 Å². The number of phenols is 1. The number of nitrogens with one attached hydrogen (secondary N) is 2. The van der Waals surface area contributed by atoms with Gasteiger partial charge in [0.25, 0.3) is 0 Å². The minimum atomic E-state index is -0.0415. The van der Waals surface area contributed by atoms with E-state index in [9.17, 15) is 9.90 Å². The molecule has 0 saturated carbocycles. The van der Waals surface area contributed by atoms with Gasteiger partial charge in [0.2, 0.25) is 5.91 Å². The van der Waals surface area contributed by atoms with E-state index in [1.807, 2.05) is 6.92 Å². The number of piperazine rings is 1. The molecule has 98 valence electrons. The fourth-order valence-corrected chi connectivity index (χ4v) is 1.96. The van der Waals surface area contributed by atoms with Gasteiger partial charge in [0.05, 0.1) is 6.54 Å². The molecule has 0 atom stereocenters. The highest BCUT2D eigenvalue weighted by Crippen LogP contribution is 2.20. The van der Waals surface area contributed by atoms with Crippen LogP contribution >= 0.6 is 0 Å². The van der Waals surface area contributed by atoms with Gasteiger partial charge >= 0.3 is 0 Å². The molecule has 1 aromatic carbocycles. The number of hydrogen-bond donors (Lipinski definition) is 3. The summed E-state index contributed by atoms with van der Waals surface area (Å²) in [4.78, 5) is 13.9. The lowest BCUT2D eigenvalue weighted by Gasteiger charge is -2.26. The number of nitrogens with zero attached hydrogens (tertiary/aromatic N) is 1. The van der Waals surface area contributed by atoms with Crippen LogP contribution in [0, 0.1) is 6.92 Å². The van der Waals surface area contributed by atoms with Gasteiger partial charge in [-0.1, -0.05) is 6.07 Å². The first-order chi connectivity index (χ1) is 8.65. The Morgan fingerprint density at radius 1 is 1.44 bits per heavy atom. The maximum Gasteiger partial charge on any atom is 0.238 e. The molecule has 0 spiro atoms. The molecule has 1 aliphatic heterocycles. The van der Waals surface area contributed by atoms with Crippen LogP contribution < -0.4 is 10.6 Å². The second-order valence-corrected chi connectivity index (χ2v) is 4.58. The van der Waals surface area contributed by atoms with Crippen molar-refractivity contribution in [2.75, 3.05) is 38.0 Å². The molecule has 2 rings (SSSR count). The van der Waals surface area contributed by atoms with Gasteiger partial charge in [-0.25, -0.2) is 0 Å². The second kappa shape index (κ2) is 5.84. The minimum absolute atomic E-state index is 0.0415. The molecule has 0 radical (unpaired) electrons. The van der Waals surface area contributed by atoms with Crippen molar-refractivity contribution in [3.05, 3.63) is 23.8 Å². The second-order valence-electron chi connectivity index (χ2n) is 4.58. The Morgan fingerprint density at radius 3 is 2.83 bits per heavy atom. The number of hydrogen-bond acceptors (Lipinski definition) is 4. The van der Waals surface area contributed by atoms with Crippen LogP contribution in [0.1, 0.15) is 5.56 Å². The van der Waals surface area contributed by atoms with E-state index in [1.165, 1.54) is 0 Å². The Balaban J connectivity index is 1.88. The van der Waals surface area contributed by atoms with Crippen LogP contribution in [0.3, 0.4) is 0 Å². The third-order valence-corrected chi connectivity index (χ3v) is 3.07. The predicted molar refractivity (Wildman–Crippen MR) is 70.8 cm³/mol. The lowest BCUT2D eigenvalue weighted by Crippen LogP contribution is -2.46. The number of phenolic OH excluding ortho intramolecular Hbond substituents is 1. The number of rotatable bonds is 3. The summed E-state index contributed by atoms with van der Waals surface area (Å²) in [6.07, 6.45) is 0. The molecule has 0 aromatic heterocycles. The maximum absolute atomic E-state index is 11.8. The molecule has 1 amide bonds. The van der Waals surface area contributed by atoms with E-state index >= 15 is 0 Å². The zero-order chi connectivity index (χ0) is 13.0. The van der Waals surface area contributed by atoms with Crippen LogP contribution in [-0.2, 0) is 4.79 Å². The molecule has 1 fully saturated rings.